The number of halogens is 1. The molecule has 0 unspecified atom stereocenters. The molecule has 0 amide bonds. The zero-order valence-electron chi connectivity index (χ0n) is 10.9. The fourth-order valence-electron chi connectivity index (χ4n) is 2.04. The highest BCUT2D eigenvalue weighted by molar-refractivity contribution is 7.16. The second-order valence-electron chi connectivity index (χ2n) is 4.60. The van der Waals surface area contributed by atoms with E-state index in [1.54, 1.807) is 11.3 Å². The van der Waals surface area contributed by atoms with Crippen LogP contribution < -0.4 is 0 Å². The third kappa shape index (κ3) is 3.46. The highest BCUT2D eigenvalue weighted by atomic mass is 35.5. The lowest BCUT2D eigenvalue weighted by atomic mass is 10.2. The van der Waals surface area contributed by atoms with Crippen LogP contribution in [0.4, 0.5) is 0 Å². The maximum atomic E-state index is 5.92. The minimum absolute atomic E-state index is 0.763. The Hall–Kier alpha value is -1.65. The number of hydrogen-bond donors (Lipinski definition) is 0. The largest absolute Gasteiger partial charge is 0.248 e. The Kier molecular flexibility index (Phi) is 4.14. The van der Waals surface area contributed by atoms with Gasteiger partial charge >= 0.3 is 0 Å². The third-order valence-electron chi connectivity index (χ3n) is 3.03. The summed E-state index contributed by atoms with van der Waals surface area (Å²) >= 11 is 7.55. The summed E-state index contributed by atoms with van der Waals surface area (Å²) in [6.07, 6.45) is 3.87. The number of hydrogen-bond acceptors (Lipinski definition) is 3. The van der Waals surface area contributed by atoms with Gasteiger partial charge in [0.25, 0.3) is 0 Å². The number of benzene rings is 1. The Labute approximate surface area is 126 Å². The molecule has 0 fully saturated rings. The predicted molar refractivity (Wildman–Crippen MR) is 82.3 cm³/mol. The Bertz CT molecular complexity index is 675. The smallest absolute Gasteiger partial charge is 0.0931 e. The highest BCUT2D eigenvalue weighted by Crippen LogP contribution is 2.22. The normalized spacial score (nSPS) is 10.8. The van der Waals surface area contributed by atoms with Gasteiger partial charge in [0.1, 0.15) is 0 Å². The molecule has 2 heterocycles. The summed E-state index contributed by atoms with van der Waals surface area (Å²) in [5, 5.41) is 8.39. The van der Waals surface area contributed by atoms with Crippen LogP contribution in [0.5, 0.6) is 0 Å². The molecule has 0 aliphatic rings. The van der Waals surface area contributed by atoms with Gasteiger partial charge in [-0.3, -0.25) is 0 Å². The van der Waals surface area contributed by atoms with Crippen LogP contribution in [0.2, 0.25) is 4.34 Å². The standard InChI is InChI=1S/C15H14ClN3S/c16-15-9-8-14(20-15)7-6-13-11-19(18-17-13)10-12-4-2-1-3-5-12/h1-5,8-9,11H,6-7,10H2. The second-order valence-corrected chi connectivity index (χ2v) is 6.40. The van der Waals surface area contributed by atoms with Gasteiger partial charge in [-0.25, -0.2) is 4.68 Å². The molecule has 3 nitrogen and oxygen atoms in total. The van der Waals surface area contributed by atoms with Gasteiger partial charge in [0.15, 0.2) is 0 Å². The van der Waals surface area contributed by atoms with Gasteiger partial charge in [0.05, 0.1) is 16.6 Å². The van der Waals surface area contributed by atoms with Crippen molar-refractivity contribution in [2.45, 2.75) is 19.4 Å². The van der Waals surface area contributed by atoms with E-state index in [-0.39, 0.29) is 0 Å². The number of thiophene rings is 1. The fourth-order valence-corrected chi connectivity index (χ4v) is 3.13. The van der Waals surface area contributed by atoms with Crippen molar-refractivity contribution in [3.8, 4) is 0 Å². The van der Waals surface area contributed by atoms with Crippen LogP contribution in [0.25, 0.3) is 0 Å². The average Bonchev–Trinajstić information content (AvgIpc) is 3.07. The van der Waals surface area contributed by atoms with E-state index in [1.165, 1.54) is 10.4 Å². The molecule has 0 N–H and O–H groups in total. The maximum Gasteiger partial charge on any atom is 0.0931 e. The molecule has 0 saturated carbocycles. The third-order valence-corrected chi connectivity index (χ3v) is 4.32. The monoisotopic (exact) mass is 303 g/mol. The minimum Gasteiger partial charge on any atom is -0.248 e. The molecular weight excluding hydrogens is 290 g/mol. The molecule has 0 aliphatic heterocycles. The Morgan fingerprint density at radius 3 is 2.65 bits per heavy atom. The molecule has 0 spiro atoms. The van der Waals surface area contributed by atoms with Crippen LogP contribution in [0, 0.1) is 0 Å². The van der Waals surface area contributed by atoms with Gasteiger partial charge in [-0.1, -0.05) is 47.1 Å². The van der Waals surface area contributed by atoms with E-state index in [0.717, 1.165) is 29.4 Å². The first-order valence-corrected chi connectivity index (χ1v) is 7.66. The van der Waals surface area contributed by atoms with E-state index in [4.69, 9.17) is 11.6 Å². The van der Waals surface area contributed by atoms with Crippen molar-refractivity contribution in [3.05, 3.63) is 69.1 Å². The van der Waals surface area contributed by atoms with Crippen molar-refractivity contribution >= 4 is 22.9 Å². The van der Waals surface area contributed by atoms with Gasteiger partial charge in [0.2, 0.25) is 0 Å². The lowest BCUT2D eigenvalue weighted by Crippen LogP contribution is -1.99. The van der Waals surface area contributed by atoms with Crippen molar-refractivity contribution in [1.82, 2.24) is 15.0 Å². The zero-order valence-corrected chi connectivity index (χ0v) is 12.4. The van der Waals surface area contributed by atoms with Crippen molar-refractivity contribution < 1.29 is 0 Å². The summed E-state index contributed by atoms with van der Waals surface area (Å²) in [5.41, 5.74) is 2.25. The van der Waals surface area contributed by atoms with Gasteiger partial charge in [-0.15, -0.1) is 16.4 Å². The summed E-state index contributed by atoms with van der Waals surface area (Å²) in [7, 11) is 0. The van der Waals surface area contributed by atoms with Crippen LogP contribution in [-0.4, -0.2) is 15.0 Å². The summed E-state index contributed by atoms with van der Waals surface area (Å²) in [4.78, 5) is 1.28. The van der Waals surface area contributed by atoms with Gasteiger partial charge in [-0.2, -0.15) is 0 Å². The van der Waals surface area contributed by atoms with E-state index in [1.807, 2.05) is 35.1 Å². The fraction of sp³-hybridized carbons (Fsp3) is 0.200. The molecule has 0 radical (unpaired) electrons. The molecule has 3 rings (SSSR count). The lowest BCUT2D eigenvalue weighted by molar-refractivity contribution is 0.649. The SMILES string of the molecule is Clc1ccc(CCc2cn(Cc3ccccc3)nn2)s1. The van der Waals surface area contributed by atoms with E-state index in [9.17, 15) is 0 Å². The highest BCUT2D eigenvalue weighted by Gasteiger charge is 2.04. The first-order chi connectivity index (χ1) is 9.79. The predicted octanol–water partition coefficient (Wildman–Crippen LogP) is 3.83. The summed E-state index contributed by atoms with van der Waals surface area (Å²) < 4.78 is 2.72. The Morgan fingerprint density at radius 2 is 1.90 bits per heavy atom. The number of nitrogens with zero attached hydrogens (tertiary/aromatic N) is 3. The van der Waals surface area contributed by atoms with Crippen LogP contribution in [0.1, 0.15) is 16.1 Å². The zero-order chi connectivity index (χ0) is 13.8. The van der Waals surface area contributed by atoms with E-state index in [2.05, 4.69) is 28.5 Å². The van der Waals surface area contributed by atoms with Gasteiger partial charge in [-0.05, 0) is 30.5 Å². The second kappa shape index (κ2) is 6.20. The Balaban J connectivity index is 1.59. The molecule has 0 aliphatic carbocycles. The minimum atomic E-state index is 0.763. The van der Waals surface area contributed by atoms with E-state index < -0.39 is 0 Å². The van der Waals surface area contributed by atoms with Gasteiger partial charge in [0, 0.05) is 11.1 Å². The molecule has 0 bridgehead atoms. The maximum absolute atomic E-state index is 5.92. The Morgan fingerprint density at radius 1 is 1.05 bits per heavy atom. The van der Waals surface area contributed by atoms with Crippen molar-refractivity contribution in [3.63, 3.8) is 0 Å². The lowest BCUT2D eigenvalue weighted by Gasteiger charge is -1.99. The first-order valence-electron chi connectivity index (χ1n) is 6.47. The van der Waals surface area contributed by atoms with E-state index >= 15 is 0 Å². The molecule has 1 aromatic carbocycles. The van der Waals surface area contributed by atoms with Crippen LogP contribution in [0.3, 0.4) is 0 Å². The molecule has 102 valence electrons. The average molecular weight is 304 g/mol. The number of rotatable bonds is 5. The number of aromatic nitrogens is 3. The number of aryl methyl sites for hydroxylation is 2. The van der Waals surface area contributed by atoms with Crippen LogP contribution in [-0.2, 0) is 19.4 Å². The summed E-state index contributed by atoms with van der Waals surface area (Å²) in [6.45, 7) is 0.763. The summed E-state index contributed by atoms with van der Waals surface area (Å²) in [5.74, 6) is 0. The topological polar surface area (TPSA) is 30.7 Å². The van der Waals surface area contributed by atoms with E-state index in [0.29, 0.717) is 0 Å². The molecule has 0 atom stereocenters. The van der Waals surface area contributed by atoms with Crippen molar-refractivity contribution in [2.75, 3.05) is 0 Å². The van der Waals surface area contributed by atoms with Crippen LogP contribution in [0.15, 0.2) is 48.7 Å². The molecule has 0 saturated heterocycles. The van der Waals surface area contributed by atoms with Crippen molar-refractivity contribution in [2.24, 2.45) is 0 Å². The quantitative estimate of drug-likeness (QED) is 0.717. The molecule has 3 aromatic rings. The molecule has 2 aromatic heterocycles. The van der Waals surface area contributed by atoms with Crippen LogP contribution >= 0.6 is 22.9 Å². The molecule has 5 heteroatoms. The molecule has 20 heavy (non-hydrogen) atoms. The molecular formula is C15H14ClN3S. The summed E-state index contributed by atoms with van der Waals surface area (Å²) in [6, 6.07) is 14.3. The first kappa shape index (κ1) is 13.3. The van der Waals surface area contributed by atoms with Gasteiger partial charge < -0.3 is 0 Å². The van der Waals surface area contributed by atoms with Crippen molar-refractivity contribution in [1.29, 1.82) is 0 Å².